The molecule has 0 bridgehead atoms. The second kappa shape index (κ2) is 11.9. The van der Waals surface area contributed by atoms with Crippen LogP contribution in [0.5, 0.6) is 5.75 Å². The highest BCUT2D eigenvalue weighted by Gasteiger charge is 1.98. The van der Waals surface area contributed by atoms with Crippen LogP contribution in [0.3, 0.4) is 0 Å². The van der Waals surface area contributed by atoms with Crippen LogP contribution in [0.4, 0.5) is 0 Å². The molecule has 0 unspecified atom stereocenters. The summed E-state index contributed by atoms with van der Waals surface area (Å²) >= 11 is 0. The Kier molecular flexibility index (Phi) is 9.87. The molecule has 0 aliphatic heterocycles. The lowest BCUT2D eigenvalue weighted by molar-refractivity contribution is 0.136. The van der Waals surface area contributed by atoms with E-state index in [9.17, 15) is 0 Å². The second-order valence-corrected chi connectivity index (χ2v) is 4.94. The Balaban J connectivity index is 2.36. The van der Waals surface area contributed by atoms with Crippen molar-refractivity contribution in [1.29, 1.82) is 0 Å². The standard InChI is InChI=1S/C17H29N3O2/c1-4-6-12-22-13-11-19-17(18-5-2)20-14-15-7-9-16(21-3)10-8-15/h7-10H,4-6,11-14H2,1-3H3,(H2,18,19,20). The zero-order valence-electron chi connectivity index (χ0n) is 14.0. The zero-order chi connectivity index (χ0) is 16.0. The topological polar surface area (TPSA) is 54.9 Å². The fraction of sp³-hybridized carbons (Fsp3) is 0.588. The zero-order valence-corrected chi connectivity index (χ0v) is 14.0. The van der Waals surface area contributed by atoms with E-state index in [2.05, 4.69) is 29.5 Å². The van der Waals surface area contributed by atoms with Gasteiger partial charge in [0, 0.05) is 19.7 Å². The van der Waals surface area contributed by atoms with E-state index in [-0.39, 0.29) is 0 Å². The van der Waals surface area contributed by atoms with Gasteiger partial charge in [0.05, 0.1) is 20.3 Å². The van der Waals surface area contributed by atoms with Crippen LogP contribution in [0.25, 0.3) is 0 Å². The Bertz CT molecular complexity index is 418. The molecule has 0 spiro atoms. The SMILES string of the molecule is CCCCOCCNC(=NCc1ccc(OC)cc1)NCC. The van der Waals surface area contributed by atoms with Crippen molar-refractivity contribution in [3.8, 4) is 5.75 Å². The smallest absolute Gasteiger partial charge is 0.191 e. The highest BCUT2D eigenvalue weighted by atomic mass is 16.5. The van der Waals surface area contributed by atoms with Crippen LogP contribution in [0.2, 0.25) is 0 Å². The van der Waals surface area contributed by atoms with Gasteiger partial charge in [0.25, 0.3) is 0 Å². The first-order valence-corrected chi connectivity index (χ1v) is 8.03. The van der Waals surface area contributed by atoms with Crippen molar-refractivity contribution in [3.05, 3.63) is 29.8 Å². The molecule has 2 N–H and O–H groups in total. The maximum atomic E-state index is 5.53. The second-order valence-electron chi connectivity index (χ2n) is 4.94. The predicted molar refractivity (Wildman–Crippen MR) is 91.5 cm³/mol. The van der Waals surface area contributed by atoms with Crippen molar-refractivity contribution in [2.45, 2.75) is 33.2 Å². The maximum Gasteiger partial charge on any atom is 0.191 e. The molecule has 0 saturated heterocycles. The first-order chi connectivity index (χ1) is 10.8. The summed E-state index contributed by atoms with van der Waals surface area (Å²) < 4.78 is 10.7. The number of guanidine groups is 1. The van der Waals surface area contributed by atoms with E-state index in [0.29, 0.717) is 13.2 Å². The van der Waals surface area contributed by atoms with E-state index in [4.69, 9.17) is 9.47 Å². The monoisotopic (exact) mass is 307 g/mol. The number of nitrogens with one attached hydrogen (secondary N) is 2. The van der Waals surface area contributed by atoms with Crippen molar-refractivity contribution >= 4 is 5.96 Å². The molecule has 0 heterocycles. The largest absolute Gasteiger partial charge is 0.497 e. The van der Waals surface area contributed by atoms with Gasteiger partial charge in [0.1, 0.15) is 5.75 Å². The highest BCUT2D eigenvalue weighted by Crippen LogP contribution is 2.11. The summed E-state index contributed by atoms with van der Waals surface area (Å²) in [5.74, 6) is 1.68. The summed E-state index contributed by atoms with van der Waals surface area (Å²) in [6.45, 7) is 7.99. The summed E-state index contributed by atoms with van der Waals surface area (Å²) in [5.41, 5.74) is 1.15. The molecule has 0 atom stereocenters. The van der Waals surface area contributed by atoms with Crippen molar-refractivity contribution in [1.82, 2.24) is 10.6 Å². The third-order valence-electron chi connectivity index (χ3n) is 3.10. The minimum absolute atomic E-state index is 0.635. The van der Waals surface area contributed by atoms with E-state index in [1.165, 1.54) is 6.42 Å². The summed E-state index contributed by atoms with van der Waals surface area (Å²) in [5, 5.41) is 6.52. The Morgan fingerprint density at radius 3 is 2.50 bits per heavy atom. The Labute approximate surface area is 134 Å². The lowest BCUT2D eigenvalue weighted by Gasteiger charge is -2.11. The van der Waals surface area contributed by atoms with Crippen molar-refractivity contribution in [2.75, 3.05) is 33.4 Å². The van der Waals surface area contributed by atoms with Crippen LogP contribution in [-0.4, -0.2) is 39.4 Å². The molecule has 1 aromatic rings. The molecular formula is C17H29N3O2. The summed E-state index contributed by atoms with van der Waals surface area (Å²) in [6.07, 6.45) is 2.28. The number of hydrogen-bond acceptors (Lipinski definition) is 3. The van der Waals surface area contributed by atoms with Gasteiger partial charge in [-0.3, -0.25) is 0 Å². The molecular weight excluding hydrogens is 278 g/mol. The fourth-order valence-electron chi connectivity index (χ4n) is 1.83. The molecule has 0 aliphatic carbocycles. The number of hydrogen-bond donors (Lipinski definition) is 2. The molecule has 22 heavy (non-hydrogen) atoms. The number of benzene rings is 1. The number of ether oxygens (including phenoxy) is 2. The van der Waals surface area contributed by atoms with Gasteiger partial charge in [-0.25, -0.2) is 4.99 Å². The number of methoxy groups -OCH3 is 1. The fourth-order valence-corrected chi connectivity index (χ4v) is 1.83. The third kappa shape index (κ3) is 7.88. The number of rotatable bonds is 10. The Hall–Kier alpha value is -1.75. The quantitative estimate of drug-likeness (QED) is 0.396. The molecule has 0 saturated carbocycles. The van der Waals surface area contributed by atoms with Gasteiger partial charge in [0.15, 0.2) is 5.96 Å². The van der Waals surface area contributed by atoms with Crippen molar-refractivity contribution in [2.24, 2.45) is 4.99 Å². The Morgan fingerprint density at radius 1 is 1.09 bits per heavy atom. The lowest BCUT2D eigenvalue weighted by Crippen LogP contribution is -2.39. The van der Waals surface area contributed by atoms with Crippen LogP contribution in [0.1, 0.15) is 32.3 Å². The molecule has 0 fully saturated rings. The van der Waals surface area contributed by atoms with Gasteiger partial charge in [-0.05, 0) is 31.0 Å². The molecule has 1 rings (SSSR count). The van der Waals surface area contributed by atoms with E-state index < -0.39 is 0 Å². The van der Waals surface area contributed by atoms with E-state index in [1.54, 1.807) is 7.11 Å². The Morgan fingerprint density at radius 2 is 1.86 bits per heavy atom. The van der Waals surface area contributed by atoms with Crippen LogP contribution in [0.15, 0.2) is 29.3 Å². The van der Waals surface area contributed by atoms with Gasteiger partial charge in [-0.2, -0.15) is 0 Å². The molecule has 5 heteroatoms. The normalized spacial score (nSPS) is 11.3. The van der Waals surface area contributed by atoms with Gasteiger partial charge in [-0.15, -0.1) is 0 Å². The van der Waals surface area contributed by atoms with Crippen LogP contribution >= 0.6 is 0 Å². The number of aliphatic imine (C=N–C) groups is 1. The minimum Gasteiger partial charge on any atom is -0.497 e. The van der Waals surface area contributed by atoms with Gasteiger partial charge in [0.2, 0.25) is 0 Å². The molecule has 0 aromatic heterocycles. The van der Waals surface area contributed by atoms with Crippen molar-refractivity contribution in [3.63, 3.8) is 0 Å². The van der Waals surface area contributed by atoms with Gasteiger partial charge >= 0.3 is 0 Å². The maximum absolute atomic E-state index is 5.53. The predicted octanol–water partition coefficient (Wildman–Crippen LogP) is 2.57. The summed E-state index contributed by atoms with van der Waals surface area (Å²) in [6, 6.07) is 7.96. The van der Waals surface area contributed by atoms with E-state index in [1.807, 2.05) is 24.3 Å². The molecule has 0 radical (unpaired) electrons. The van der Waals surface area contributed by atoms with Gasteiger partial charge in [-0.1, -0.05) is 25.5 Å². The first kappa shape index (κ1) is 18.3. The average Bonchev–Trinajstić information content (AvgIpc) is 2.56. The molecule has 1 aromatic carbocycles. The molecule has 124 valence electrons. The third-order valence-corrected chi connectivity index (χ3v) is 3.10. The van der Waals surface area contributed by atoms with Gasteiger partial charge < -0.3 is 20.1 Å². The number of unbranched alkanes of at least 4 members (excludes halogenated alkanes) is 1. The van der Waals surface area contributed by atoms with Crippen LogP contribution in [0, 0.1) is 0 Å². The van der Waals surface area contributed by atoms with E-state index in [0.717, 1.165) is 43.4 Å². The molecule has 0 aliphatic rings. The first-order valence-electron chi connectivity index (χ1n) is 8.03. The molecule has 0 amide bonds. The summed E-state index contributed by atoms with van der Waals surface area (Å²) in [7, 11) is 1.67. The minimum atomic E-state index is 0.635. The summed E-state index contributed by atoms with van der Waals surface area (Å²) in [4.78, 5) is 4.57. The molecule has 5 nitrogen and oxygen atoms in total. The van der Waals surface area contributed by atoms with Crippen LogP contribution in [-0.2, 0) is 11.3 Å². The average molecular weight is 307 g/mol. The van der Waals surface area contributed by atoms with Crippen molar-refractivity contribution < 1.29 is 9.47 Å². The van der Waals surface area contributed by atoms with Crippen LogP contribution < -0.4 is 15.4 Å². The lowest BCUT2D eigenvalue weighted by atomic mass is 10.2. The number of nitrogens with zero attached hydrogens (tertiary/aromatic N) is 1. The van der Waals surface area contributed by atoms with E-state index >= 15 is 0 Å². The highest BCUT2D eigenvalue weighted by molar-refractivity contribution is 5.79.